The quantitative estimate of drug-likeness (QED) is 0.639. The van der Waals surface area contributed by atoms with Gasteiger partial charge >= 0.3 is 12.0 Å². The molecule has 2 rings (SSSR count). The summed E-state index contributed by atoms with van der Waals surface area (Å²) < 4.78 is 4.81. The molecule has 0 aromatic heterocycles. The van der Waals surface area contributed by atoms with Gasteiger partial charge in [0.05, 0.1) is 13.0 Å². The Balaban J connectivity index is 1.72. The van der Waals surface area contributed by atoms with Gasteiger partial charge in [-0.25, -0.2) is 4.79 Å². The number of esters is 1. The number of carbonyl (C=O) groups excluding carboxylic acids is 2. The lowest BCUT2D eigenvalue weighted by Crippen LogP contribution is -2.49. The highest BCUT2D eigenvalue weighted by Crippen LogP contribution is 2.24. The molecule has 0 saturated carbocycles. The lowest BCUT2D eigenvalue weighted by Gasteiger charge is -2.35. The smallest absolute Gasteiger partial charge is 0.317 e. The van der Waals surface area contributed by atoms with E-state index in [1.165, 1.54) is 31.9 Å². The lowest BCUT2D eigenvalue weighted by molar-refractivity contribution is -0.148. The number of allylic oxidation sites excluding steroid dienone is 1. The topological polar surface area (TPSA) is 58.6 Å². The van der Waals surface area contributed by atoms with Gasteiger partial charge in [-0.1, -0.05) is 18.6 Å². The van der Waals surface area contributed by atoms with Crippen LogP contribution in [0, 0.1) is 11.8 Å². The average Bonchev–Trinajstić information content (AvgIpc) is 2.99. The van der Waals surface area contributed by atoms with E-state index >= 15 is 0 Å². The highest BCUT2D eigenvalue weighted by atomic mass is 16.5. The maximum absolute atomic E-state index is 12.1. The van der Waals surface area contributed by atoms with Crippen LogP contribution < -0.4 is 5.32 Å². The Kier molecular flexibility index (Phi) is 5.65. The molecule has 5 nitrogen and oxygen atoms in total. The van der Waals surface area contributed by atoms with Crippen molar-refractivity contribution in [2.45, 2.75) is 39.0 Å². The van der Waals surface area contributed by atoms with Crippen molar-refractivity contribution in [3.63, 3.8) is 0 Å². The zero-order valence-corrected chi connectivity index (χ0v) is 13.1. The van der Waals surface area contributed by atoms with Crippen LogP contribution in [0.3, 0.4) is 0 Å². The van der Waals surface area contributed by atoms with Crippen molar-refractivity contribution in [1.82, 2.24) is 10.2 Å². The highest BCUT2D eigenvalue weighted by Gasteiger charge is 2.33. The third-order valence-corrected chi connectivity index (χ3v) is 4.55. The summed E-state index contributed by atoms with van der Waals surface area (Å²) in [6.07, 6.45) is 7.55. The van der Waals surface area contributed by atoms with Crippen LogP contribution >= 0.6 is 0 Å². The van der Waals surface area contributed by atoms with Crippen LogP contribution in [-0.4, -0.2) is 43.6 Å². The second kappa shape index (κ2) is 7.48. The first-order valence-electron chi connectivity index (χ1n) is 7.90. The fraction of sp³-hybridized carbons (Fsp3) is 0.750. The Morgan fingerprint density at radius 1 is 1.48 bits per heavy atom. The molecule has 5 heteroatoms. The Morgan fingerprint density at radius 3 is 2.90 bits per heavy atom. The maximum atomic E-state index is 12.1. The van der Waals surface area contributed by atoms with Gasteiger partial charge in [0.15, 0.2) is 0 Å². The van der Waals surface area contributed by atoms with Gasteiger partial charge in [-0.15, -0.1) is 0 Å². The molecule has 1 N–H and O–H groups in total. The van der Waals surface area contributed by atoms with Gasteiger partial charge in [-0.05, 0) is 38.0 Å². The molecule has 2 atom stereocenters. The number of likely N-dealkylation sites (tertiary alicyclic amines) is 1. The number of carbonyl (C=O) groups is 2. The number of nitrogens with zero attached hydrogens (tertiary/aromatic N) is 1. The number of urea groups is 1. The van der Waals surface area contributed by atoms with Gasteiger partial charge in [0.2, 0.25) is 0 Å². The van der Waals surface area contributed by atoms with Gasteiger partial charge < -0.3 is 15.0 Å². The molecule has 1 saturated heterocycles. The van der Waals surface area contributed by atoms with Gasteiger partial charge in [-0.3, -0.25) is 4.79 Å². The monoisotopic (exact) mass is 294 g/mol. The van der Waals surface area contributed by atoms with Crippen molar-refractivity contribution in [1.29, 1.82) is 0 Å². The van der Waals surface area contributed by atoms with E-state index < -0.39 is 0 Å². The first-order valence-corrected chi connectivity index (χ1v) is 7.90. The van der Waals surface area contributed by atoms with Crippen molar-refractivity contribution in [2.24, 2.45) is 11.8 Å². The standard InChI is InChI=1S/C16H26N2O3/c1-12-11-18(10-8-14(12)15(19)21-2)16(20)17-9-7-13-5-3-4-6-13/h5,12,14H,3-4,6-11H2,1-2H3,(H,17,20)/t12-,14+/m0/s1. The van der Waals surface area contributed by atoms with Crippen LogP contribution in [0.5, 0.6) is 0 Å². The minimum absolute atomic E-state index is 0.0104. The molecule has 1 fully saturated rings. The van der Waals surface area contributed by atoms with E-state index in [0.717, 1.165) is 6.42 Å². The van der Waals surface area contributed by atoms with E-state index in [1.807, 2.05) is 11.8 Å². The van der Waals surface area contributed by atoms with Crippen LogP contribution in [0.15, 0.2) is 11.6 Å². The number of nitrogens with one attached hydrogen (secondary N) is 1. The predicted octanol–water partition coefficient (Wildman–Crippen LogP) is 2.33. The van der Waals surface area contributed by atoms with E-state index in [0.29, 0.717) is 26.1 Å². The molecule has 1 aliphatic carbocycles. The van der Waals surface area contributed by atoms with Crippen molar-refractivity contribution in [3.05, 3.63) is 11.6 Å². The largest absolute Gasteiger partial charge is 0.469 e. The molecular formula is C16H26N2O3. The van der Waals surface area contributed by atoms with Crippen molar-refractivity contribution >= 4 is 12.0 Å². The lowest BCUT2D eigenvalue weighted by atomic mass is 9.87. The van der Waals surface area contributed by atoms with Crippen LogP contribution in [0.4, 0.5) is 4.79 Å². The fourth-order valence-electron chi connectivity index (χ4n) is 3.24. The fourth-order valence-corrected chi connectivity index (χ4v) is 3.24. The molecular weight excluding hydrogens is 268 g/mol. The average molecular weight is 294 g/mol. The molecule has 2 aliphatic rings. The number of amides is 2. The van der Waals surface area contributed by atoms with Crippen molar-refractivity contribution < 1.29 is 14.3 Å². The molecule has 21 heavy (non-hydrogen) atoms. The Bertz CT molecular complexity index is 420. The predicted molar refractivity (Wildman–Crippen MR) is 80.8 cm³/mol. The molecule has 2 amide bonds. The number of ether oxygens (including phenoxy) is 1. The first kappa shape index (κ1) is 15.9. The van der Waals surface area contributed by atoms with E-state index in [4.69, 9.17) is 4.74 Å². The third-order valence-electron chi connectivity index (χ3n) is 4.55. The highest BCUT2D eigenvalue weighted by molar-refractivity contribution is 5.76. The number of hydrogen-bond acceptors (Lipinski definition) is 3. The van der Waals surface area contributed by atoms with Gasteiger partial charge in [0.25, 0.3) is 0 Å². The molecule has 0 aromatic rings. The van der Waals surface area contributed by atoms with Crippen LogP contribution in [0.1, 0.15) is 39.0 Å². The Labute approximate surface area is 126 Å². The molecule has 118 valence electrons. The summed E-state index contributed by atoms with van der Waals surface area (Å²) in [5.74, 6) is -0.0899. The summed E-state index contributed by atoms with van der Waals surface area (Å²) in [6.45, 7) is 3.95. The molecule has 1 aliphatic heterocycles. The van der Waals surface area contributed by atoms with Crippen LogP contribution in [-0.2, 0) is 9.53 Å². The van der Waals surface area contributed by atoms with E-state index in [9.17, 15) is 9.59 Å². The second-order valence-corrected chi connectivity index (χ2v) is 6.08. The molecule has 0 bridgehead atoms. The summed E-state index contributed by atoms with van der Waals surface area (Å²) in [5.41, 5.74) is 1.47. The Morgan fingerprint density at radius 2 is 2.29 bits per heavy atom. The number of rotatable bonds is 4. The van der Waals surface area contributed by atoms with Gasteiger partial charge in [0.1, 0.15) is 0 Å². The maximum Gasteiger partial charge on any atom is 0.317 e. The minimum atomic E-state index is -0.157. The normalized spacial score (nSPS) is 25.4. The summed E-state index contributed by atoms with van der Waals surface area (Å²) in [6, 6.07) is -0.0104. The van der Waals surface area contributed by atoms with Crippen LogP contribution in [0.25, 0.3) is 0 Å². The van der Waals surface area contributed by atoms with Gasteiger partial charge in [0, 0.05) is 19.6 Å². The number of hydrogen-bond donors (Lipinski definition) is 1. The summed E-state index contributed by atoms with van der Waals surface area (Å²) in [7, 11) is 1.42. The number of piperidine rings is 1. The van der Waals surface area contributed by atoms with E-state index in [-0.39, 0.29) is 23.8 Å². The Hall–Kier alpha value is -1.52. The second-order valence-electron chi connectivity index (χ2n) is 6.08. The zero-order valence-electron chi connectivity index (χ0n) is 13.1. The molecule has 0 spiro atoms. The van der Waals surface area contributed by atoms with Crippen molar-refractivity contribution in [2.75, 3.05) is 26.7 Å². The van der Waals surface area contributed by atoms with E-state index in [2.05, 4.69) is 11.4 Å². The summed E-state index contributed by atoms with van der Waals surface area (Å²) in [5, 5.41) is 2.99. The summed E-state index contributed by atoms with van der Waals surface area (Å²) >= 11 is 0. The van der Waals surface area contributed by atoms with Crippen molar-refractivity contribution in [3.8, 4) is 0 Å². The van der Waals surface area contributed by atoms with Gasteiger partial charge in [-0.2, -0.15) is 0 Å². The van der Waals surface area contributed by atoms with Crippen LogP contribution in [0.2, 0.25) is 0 Å². The molecule has 0 unspecified atom stereocenters. The first-order chi connectivity index (χ1) is 10.1. The minimum Gasteiger partial charge on any atom is -0.469 e. The molecule has 0 aromatic carbocycles. The van der Waals surface area contributed by atoms with E-state index in [1.54, 1.807) is 0 Å². The molecule has 0 radical (unpaired) electrons. The molecule has 1 heterocycles. The summed E-state index contributed by atoms with van der Waals surface area (Å²) in [4.78, 5) is 25.6. The number of methoxy groups -OCH3 is 1. The SMILES string of the molecule is COC(=O)[C@@H]1CCN(C(=O)NCCC2=CCCC2)C[C@@H]1C. The third kappa shape index (κ3) is 4.22. The zero-order chi connectivity index (χ0) is 15.2.